The van der Waals surface area contributed by atoms with E-state index in [1.165, 1.54) is 0 Å². The predicted molar refractivity (Wildman–Crippen MR) is 125 cm³/mol. The summed E-state index contributed by atoms with van der Waals surface area (Å²) in [5, 5.41) is 6.17. The summed E-state index contributed by atoms with van der Waals surface area (Å²) < 4.78 is 0. The van der Waals surface area contributed by atoms with Crippen molar-refractivity contribution in [2.24, 2.45) is 0 Å². The van der Waals surface area contributed by atoms with E-state index < -0.39 is 0 Å². The quantitative estimate of drug-likeness (QED) is 0.720. The zero-order valence-corrected chi connectivity index (χ0v) is 19.0. The van der Waals surface area contributed by atoms with Gasteiger partial charge in [-0.15, -0.1) is 0 Å². The highest BCUT2D eigenvalue weighted by Crippen LogP contribution is 2.19. The summed E-state index contributed by atoms with van der Waals surface area (Å²) in [7, 11) is 0. The topological polar surface area (TPSA) is 64.7 Å². The molecule has 2 aromatic rings. The summed E-state index contributed by atoms with van der Waals surface area (Å²) in [5.41, 5.74) is 4.15. The largest absolute Gasteiger partial charge is 0.348 e. The van der Waals surface area contributed by atoms with Gasteiger partial charge in [0.25, 0.3) is 0 Å². The molecule has 1 saturated heterocycles. The average Bonchev–Trinajstić information content (AvgIpc) is 2.77. The van der Waals surface area contributed by atoms with Crippen LogP contribution in [0.1, 0.15) is 36.6 Å². The Bertz CT molecular complexity index is 871. The Morgan fingerprint density at radius 3 is 2.13 bits per heavy atom. The molecule has 0 aromatic heterocycles. The molecule has 166 valence electrons. The van der Waals surface area contributed by atoms with E-state index >= 15 is 0 Å². The standard InChI is InChI=1S/C25H34N4O2/c1-18-9-8-10-19(2)24(18)27-23(30)17-28-13-15-29(16-14-28)21(4)25(31)26-20(3)22-11-6-5-7-12-22/h5-12,20-21H,13-17H2,1-4H3,(H,26,31)(H,27,30)/t20-,21+/m0/s1. The third-order valence-electron chi connectivity index (χ3n) is 6.11. The molecule has 0 saturated carbocycles. The zero-order chi connectivity index (χ0) is 22.4. The molecule has 2 aromatic carbocycles. The lowest BCUT2D eigenvalue weighted by Crippen LogP contribution is -2.55. The summed E-state index contributed by atoms with van der Waals surface area (Å²) >= 11 is 0. The molecule has 0 aliphatic carbocycles. The molecular weight excluding hydrogens is 388 g/mol. The lowest BCUT2D eigenvalue weighted by atomic mass is 10.1. The second-order valence-electron chi connectivity index (χ2n) is 8.44. The van der Waals surface area contributed by atoms with Gasteiger partial charge in [-0.2, -0.15) is 0 Å². The minimum atomic E-state index is -0.197. The van der Waals surface area contributed by atoms with Gasteiger partial charge in [0, 0.05) is 31.9 Å². The van der Waals surface area contributed by atoms with Gasteiger partial charge in [0.05, 0.1) is 18.6 Å². The molecule has 31 heavy (non-hydrogen) atoms. The molecule has 0 unspecified atom stereocenters. The van der Waals surface area contributed by atoms with Crippen molar-refractivity contribution in [1.82, 2.24) is 15.1 Å². The molecule has 1 aliphatic heterocycles. The van der Waals surface area contributed by atoms with Crippen LogP contribution in [0.15, 0.2) is 48.5 Å². The van der Waals surface area contributed by atoms with Crippen molar-refractivity contribution in [2.45, 2.75) is 39.8 Å². The van der Waals surface area contributed by atoms with Crippen molar-refractivity contribution < 1.29 is 9.59 Å². The van der Waals surface area contributed by atoms with Gasteiger partial charge in [0.2, 0.25) is 11.8 Å². The molecule has 3 rings (SSSR count). The molecule has 2 amide bonds. The number of nitrogens with one attached hydrogen (secondary N) is 2. The first-order chi connectivity index (χ1) is 14.8. The molecule has 6 heteroatoms. The molecule has 0 bridgehead atoms. The summed E-state index contributed by atoms with van der Waals surface area (Å²) in [6.07, 6.45) is 0. The van der Waals surface area contributed by atoms with Gasteiger partial charge in [-0.1, -0.05) is 48.5 Å². The van der Waals surface area contributed by atoms with Gasteiger partial charge in [-0.05, 0) is 44.4 Å². The Morgan fingerprint density at radius 1 is 0.903 bits per heavy atom. The van der Waals surface area contributed by atoms with E-state index in [0.717, 1.165) is 48.6 Å². The summed E-state index contributed by atoms with van der Waals surface area (Å²) in [5.74, 6) is 0.0471. The van der Waals surface area contributed by atoms with E-state index in [0.29, 0.717) is 6.54 Å². The highest BCUT2D eigenvalue weighted by Gasteiger charge is 2.27. The fourth-order valence-electron chi connectivity index (χ4n) is 4.03. The fourth-order valence-corrected chi connectivity index (χ4v) is 4.03. The normalized spacial score (nSPS) is 17.0. The lowest BCUT2D eigenvalue weighted by Gasteiger charge is -2.37. The van der Waals surface area contributed by atoms with E-state index in [1.54, 1.807) is 0 Å². The number of aryl methyl sites for hydroxylation is 2. The molecule has 1 fully saturated rings. The van der Waals surface area contributed by atoms with Crippen molar-refractivity contribution in [2.75, 3.05) is 38.0 Å². The first kappa shape index (κ1) is 23.0. The van der Waals surface area contributed by atoms with Gasteiger partial charge in [0.15, 0.2) is 0 Å². The Morgan fingerprint density at radius 2 is 1.52 bits per heavy atom. The maximum atomic E-state index is 12.7. The molecule has 0 spiro atoms. The van der Waals surface area contributed by atoms with Crippen LogP contribution in [0.2, 0.25) is 0 Å². The zero-order valence-electron chi connectivity index (χ0n) is 19.0. The number of hydrogen-bond acceptors (Lipinski definition) is 4. The molecule has 2 atom stereocenters. The summed E-state index contributed by atoms with van der Waals surface area (Å²) in [6, 6.07) is 15.8. The number of piperazine rings is 1. The van der Waals surface area contributed by atoms with E-state index in [1.807, 2.05) is 76.2 Å². The van der Waals surface area contributed by atoms with E-state index in [4.69, 9.17) is 0 Å². The van der Waals surface area contributed by atoms with Crippen molar-refractivity contribution in [1.29, 1.82) is 0 Å². The van der Waals surface area contributed by atoms with Crippen molar-refractivity contribution in [3.8, 4) is 0 Å². The monoisotopic (exact) mass is 422 g/mol. The second-order valence-corrected chi connectivity index (χ2v) is 8.44. The smallest absolute Gasteiger partial charge is 0.238 e. The van der Waals surface area contributed by atoms with Crippen molar-refractivity contribution >= 4 is 17.5 Å². The van der Waals surface area contributed by atoms with Gasteiger partial charge in [0.1, 0.15) is 0 Å². The number of amides is 2. The van der Waals surface area contributed by atoms with Gasteiger partial charge >= 0.3 is 0 Å². The highest BCUT2D eigenvalue weighted by molar-refractivity contribution is 5.93. The summed E-state index contributed by atoms with van der Waals surface area (Å²) in [6.45, 7) is 11.4. The van der Waals surface area contributed by atoms with Crippen LogP contribution in [0, 0.1) is 13.8 Å². The highest BCUT2D eigenvalue weighted by atomic mass is 16.2. The number of nitrogens with zero attached hydrogens (tertiary/aromatic N) is 2. The van der Waals surface area contributed by atoms with Crippen molar-refractivity contribution in [3.63, 3.8) is 0 Å². The van der Waals surface area contributed by atoms with Crippen LogP contribution in [0.3, 0.4) is 0 Å². The van der Waals surface area contributed by atoms with E-state index in [-0.39, 0.29) is 23.9 Å². The van der Waals surface area contributed by atoms with Gasteiger partial charge in [-0.3, -0.25) is 19.4 Å². The third kappa shape index (κ3) is 6.15. The Labute approximate surface area is 185 Å². The predicted octanol–water partition coefficient (Wildman–Crippen LogP) is 3.13. The second kappa shape index (κ2) is 10.6. The van der Waals surface area contributed by atoms with E-state index in [9.17, 15) is 9.59 Å². The number of benzene rings is 2. The van der Waals surface area contributed by atoms with Crippen LogP contribution in [0.5, 0.6) is 0 Å². The van der Waals surface area contributed by atoms with Crippen LogP contribution >= 0.6 is 0 Å². The first-order valence-electron chi connectivity index (χ1n) is 11.0. The van der Waals surface area contributed by atoms with Crippen LogP contribution in [0.25, 0.3) is 0 Å². The maximum absolute atomic E-state index is 12.7. The molecular formula is C25H34N4O2. The number of carbonyl (C=O) groups is 2. The Hall–Kier alpha value is -2.70. The Kier molecular flexibility index (Phi) is 7.82. The fraction of sp³-hybridized carbons (Fsp3) is 0.440. The van der Waals surface area contributed by atoms with E-state index in [2.05, 4.69) is 20.4 Å². The minimum Gasteiger partial charge on any atom is -0.348 e. The molecule has 6 nitrogen and oxygen atoms in total. The third-order valence-corrected chi connectivity index (χ3v) is 6.11. The lowest BCUT2D eigenvalue weighted by molar-refractivity contribution is -0.127. The van der Waals surface area contributed by atoms with Crippen LogP contribution < -0.4 is 10.6 Å². The molecule has 1 heterocycles. The summed E-state index contributed by atoms with van der Waals surface area (Å²) in [4.78, 5) is 29.6. The van der Waals surface area contributed by atoms with Crippen LogP contribution in [-0.4, -0.2) is 60.4 Å². The van der Waals surface area contributed by atoms with Gasteiger partial charge < -0.3 is 10.6 Å². The number of anilines is 1. The number of hydrogen-bond donors (Lipinski definition) is 2. The van der Waals surface area contributed by atoms with Crippen LogP contribution in [-0.2, 0) is 9.59 Å². The first-order valence-corrected chi connectivity index (χ1v) is 11.0. The SMILES string of the molecule is Cc1cccc(C)c1NC(=O)CN1CCN([C@H](C)C(=O)N[C@@H](C)c2ccccc2)CC1. The van der Waals surface area contributed by atoms with Crippen molar-refractivity contribution in [3.05, 3.63) is 65.2 Å². The average molecular weight is 423 g/mol. The minimum absolute atomic E-state index is 0.00771. The molecule has 0 radical (unpaired) electrons. The molecule has 2 N–H and O–H groups in total. The Balaban J connectivity index is 1.45. The molecule has 1 aliphatic rings. The number of para-hydroxylation sites is 1. The number of rotatable bonds is 7. The van der Waals surface area contributed by atoms with Gasteiger partial charge in [-0.25, -0.2) is 0 Å². The maximum Gasteiger partial charge on any atom is 0.238 e. The number of carbonyl (C=O) groups excluding carboxylic acids is 2. The van der Waals surface area contributed by atoms with Crippen LogP contribution in [0.4, 0.5) is 5.69 Å².